The summed E-state index contributed by atoms with van der Waals surface area (Å²) in [6, 6.07) is 8.78. The van der Waals surface area contributed by atoms with Crippen LogP contribution in [-0.4, -0.2) is 5.78 Å². The molecule has 0 atom stereocenters. The van der Waals surface area contributed by atoms with Crippen LogP contribution >= 0.6 is 15.9 Å². The molecule has 0 aliphatic heterocycles. The Bertz CT molecular complexity index is 323. The molecular weight excluding hydrogens is 218 g/mol. The molecule has 60 valence electrons. The third-order valence-corrected chi connectivity index (χ3v) is 1.93. The maximum Gasteiger partial charge on any atom is 0.176 e. The van der Waals surface area contributed by atoms with Gasteiger partial charge in [0.15, 0.2) is 5.78 Å². The summed E-state index contributed by atoms with van der Waals surface area (Å²) in [6.07, 6.45) is -0.0539. The number of rotatable bonds is 2. The van der Waals surface area contributed by atoms with E-state index >= 15 is 0 Å². The Hall–Kier alpha value is -1.14. The smallest absolute Gasteiger partial charge is 0.176 e. The van der Waals surface area contributed by atoms with Gasteiger partial charge in [0.2, 0.25) is 0 Å². The molecule has 0 aromatic heterocycles. The van der Waals surface area contributed by atoms with Crippen LogP contribution in [0.15, 0.2) is 28.7 Å². The first-order valence-corrected chi connectivity index (χ1v) is 4.19. The number of benzene rings is 1. The Morgan fingerprint density at radius 3 is 2.50 bits per heavy atom. The summed E-state index contributed by atoms with van der Waals surface area (Å²) in [4.78, 5) is 11.1. The highest BCUT2D eigenvalue weighted by Crippen LogP contribution is 2.11. The highest BCUT2D eigenvalue weighted by atomic mass is 79.9. The number of hydrogen-bond acceptors (Lipinski definition) is 2. The van der Waals surface area contributed by atoms with Crippen LogP contribution in [0.2, 0.25) is 0 Å². The molecule has 0 bridgehead atoms. The van der Waals surface area contributed by atoms with Crippen LogP contribution in [0.1, 0.15) is 16.8 Å². The van der Waals surface area contributed by atoms with Crippen molar-refractivity contribution in [3.05, 3.63) is 34.3 Å². The van der Waals surface area contributed by atoms with E-state index in [0.29, 0.717) is 5.56 Å². The lowest BCUT2D eigenvalue weighted by atomic mass is 10.1. The van der Waals surface area contributed by atoms with Crippen LogP contribution in [0.5, 0.6) is 0 Å². The van der Waals surface area contributed by atoms with E-state index in [9.17, 15) is 4.79 Å². The van der Waals surface area contributed by atoms with Crippen molar-refractivity contribution in [1.29, 1.82) is 5.26 Å². The Morgan fingerprint density at radius 2 is 2.00 bits per heavy atom. The number of Topliss-reactive ketones (excluding diaryl/α,β-unsaturated/α-hetero) is 1. The number of halogens is 1. The summed E-state index contributed by atoms with van der Waals surface area (Å²) in [7, 11) is 0. The van der Waals surface area contributed by atoms with Gasteiger partial charge in [-0.3, -0.25) is 4.79 Å². The van der Waals surface area contributed by atoms with Crippen molar-refractivity contribution in [2.75, 3.05) is 0 Å². The van der Waals surface area contributed by atoms with Crippen LogP contribution in [0.3, 0.4) is 0 Å². The van der Waals surface area contributed by atoms with Gasteiger partial charge in [0.1, 0.15) is 0 Å². The van der Waals surface area contributed by atoms with Gasteiger partial charge in [-0.1, -0.05) is 28.1 Å². The fourth-order valence-corrected chi connectivity index (χ4v) is 1.07. The van der Waals surface area contributed by atoms with Crippen molar-refractivity contribution >= 4 is 21.7 Å². The van der Waals surface area contributed by atoms with E-state index in [1.165, 1.54) is 0 Å². The summed E-state index contributed by atoms with van der Waals surface area (Å²) < 4.78 is 0.927. The molecular formula is C9H6BrNO. The van der Waals surface area contributed by atoms with Gasteiger partial charge in [0.25, 0.3) is 0 Å². The molecule has 0 amide bonds. The first kappa shape index (κ1) is 8.95. The number of carbonyl (C=O) groups excluding carboxylic acids is 1. The predicted molar refractivity (Wildman–Crippen MR) is 48.7 cm³/mol. The fourth-order valence-electron chi connectivity index (χ4n) is 0.810. The zero-order chi connectivity index (χ0) is 8.97. The summed E-state index contributed by atoms with van der Waals surface area (Å²) in [5.41, 5.74) is 0.583. The second kappa shape index (κ2) is 4.03. The van der Waals surface area contributed by atoms with Crippen molar-refractivity contribution in [2.24, 2.45) is 0 Å². The Morgan fingerprint density at radius 1 is 1.42 bits per heavy atom. The maximum atomic E-state index is 11.1. The zero-order valence-electron chi connectivity index (χ0n) is 6.25. The summed E-state index contributed by atoms with van der Waals surface area (Å²) in [5.74, 6) is -0.134. The number of nitriles is 1. The lowest BCUT2D eigenvalue weighted by molar-refractivity contribution is 0.0997. The van der Waals surface area contributed by atoms with E-state index in [1.807, 2.05) is 6.07 Å². The zero-order valence-corrected chi connectivity index (χ0v) is 7.84. The minimum atomic E-state index is -0.134. The van der Waals surface area contributed by atoms with E-state index in [0.717, 1.165) is 4.47 Å². The lowest BCUT2D eigenvalue weighted by Crippen LogP contribution is -1.95. The second-order valence-electron chi connectivity index (χ2n) is 2.26. The molecule has 3 heteroatoms. The van der Waals surface area contributed by atoms with Crippen molar-refractivity contribution < 1.29 is 4.79 Å². The maximum absolute atomic E-state index is 11.1. The fraction of sp³-hybridized carbons (Fsp3) is 0.111. The molecule has 0 spiro atoms. The van der Waals surface area contributed by atoms with Crippen molar-refractivity contribution in [3.63, 3.8) is 0 Å². The van der Waals surface area contributed by atoms with Crippen LogP contribution in [0.4, 0.5) is 0 Å². The molecule has 0 radical (unpaired) electrons. The average molecular weight is 224 g/mol. The average Bonchev–Trinajstić information content (AvgIpc) is 2.06. The third kappa shape index (κ3) is 2.18. The van der Waals surface area contributed by atoms with Gasteiger partial charge in [0, 0.05) is 10.0 Å². The van der Waals surface area contributed by atoms with E-state index in [2.05, 4.69) is 15.9 Å². The van der Waals surface area contributed by atoms with Gasteiger partial charge in [-0.25, -0.2) is 0 Å². The van der Waals surface area contributed by atoms with Crippen LogP contribution in [-0.2, 0) is 0 Å². The van der Waals surface area contributed by atoms with Gasteiger partial charge in [-0.15, -0.1) is 0 Å². The van der Waals surface area contributed by atoms with E-state index in [-0.39, 0.29) is 12.2 Å². The molecule has 0 aliphatic rings. The van der Waals surface area contributed by atoms with Crippen molar-refractivity contribution in [1.82, 2.24) is 0 Å². The molecule has 1 rings (SSSR count). The molecule has 0 fully saturated rings. The largest absolute Gasteiger partial charge is 0.293 e. The molecule has 0 saturated carbocycles. The quantitative estimate of drug-likeness (QED) is 0.724. The minimum Gasteiger partial charge on any atom is -0.293 e. The van der Waals surface area contributed by atoms with Crippen LogP contribution < -0.4 is 0 Å². The van der Waals surface area contributed by atoms with Crippen LogP contribution in [0, 0.1) is 11.3 Å². The summed E-state index contributed by atoms with van der Waals surface area (Å²) in [6.45, 7) is 0. The second-order valence-corrected chi connectivity index (χ2v) is 3.18. The monoisotopic (exact) mass is 223 g/mol. The third-order valence-electron chi connectivity index (χ3n) is 1.41. The number of ketones is 1. The first-order valence-electron chi connectivity index (χ1n) is 3.40. The summed E-state index contributed by atoms with van der Waals surface area (Å²) >= 11 is 3.26. The molecule has 1 aromatic carbocycles. The molecule has 12 heavy (non-hydrogen) atoms. The Labute approximate surface area is 78.9 Å². The van der Waals surface area contributed by atoms with E-state index < -0.39 is 0 Å². The van der Waals surface area contributed by atoms with Gasteiger partial charge in [-0.2, -0.15) is 5.26 Å². The number of carbonyl (C=O) groups is 1. The SMILES string of the molecule is N#CCC(=O)c1ccc(Br)cc1. The van der Waals surface area contributed by atoms with Gasteiger partial charge < -0.3 is 0 Å². The normalized spacial score (nSPS) is 9.00. The molecule has 0 heterocycles. The van der Waals surface area contributed by atoms with Crippen LogP contribution in [0.25, 0.3) is 0 Å². The van der Waals surface area contributed by atoms with Gasteiger partial charge in [-0.05, 0) is 12.1 Å². The highest BCUT2D eigenvalue weighted by Gasteiger charge is 2.03. The van der Waals surface area contributed by atoms with E-state index in [1.54, 1.807) is 24.3 Å². The van der Waals surface area contributed by atoms with Gasteiger partial charge in [0.05, 0.1) is 12.5 Å². The molecule has 0 aliphatic carbocycles. The lowest BCUT2D eigenvalue weighted by Gasteiger charge is -1.95. The first-order chi connectivity index (χ1) is 5.74. The van der Waals surface area contributed by atoms with E-state index in [4.69, 9.17) is 5.26 Å². The molecule has 0 saturated heterocycles. The topological polar surface area (TPSA) is 40.9 Å². The molecule has 1 aromatic rings. The Kier molecular flexibility index (Phi) is 3.01. The molecule has 2 nitrogen and oxygen atoms in total. The minimum absolute atomic E-state index is 0.0539. The highest BCUT2D eigenvalue weighted by molar-refractivity contribution is 9.10. The molecule has 0 N–H and O–H groups in total. The van der Waals surface area contributed by atoms with Gasteiger partial charge >= 0.3 is 0 Å². The van der Waals surface area contributed by atoms with Crippen molar-refractivity contribution in [2.45, 2.75) is 6.42 Å². The number of nitrogens with zero attached hydrogens (tertiary/aromatic N) is 1. The molecule has 0 unspecified atom stereocenters. The Balaban J connectivity index is 2.84. The van der Waals surface area contributed by atoms with Crippen molar-refractivity contribution in [3.8, 4) is 6.07 Å². The summed E-state index contributed by atoms with van der Waals surface area (Å²) in [5, 5.41) is 8.27. The standard InChI is InChI=1S/C9H6BrNO/c10-8-3-1-7(2-4-8)9(12)5-6-11/h1-4H,5H2. The number of hydrogen-bond donors (Lipinski definition) is 0. The predicted octanol–water partition coefficient (Wildman–Crippen LogP) is 2.55.